The Bertz CT molecular complexity index is 1110. The van der Waals surface area contributed by atoms with Gasteiger partial charge in [-0.2, -0.15) is 0 Å². The Kier molecular flexibility index (Phi) is 7.78. The molecule has 0 saturated carbocycles. The van der Waals surface area contributed by atoms with Gasteiger partial charge in [0.1, 0.15) is 11.5 Å². The lowest BCUT2D eigenvalue weighted by Crippen LogP contribution is -2.41. The molecule has 1 atom stereocenters. The SMILES string of the molecule is CC(=O)C[C@H](NC(=O)c1ccc(CNS(=O)(=O)c2ccc(O)c(C=O)c2)cc1)C(C)=O. The topological polar surface area (TPSA) is 147 Å². The van der Waals surface area contributed by atoms with Gasteiger partial charge in [-0.25, -0.2) is 13.1 Å². The summed E-state index contributed by atoms with van der Waals surface area (Å²) in [5.41, 5.74) is 0.656. The zero-order valence-corrected chi connectivity index (χ0v) is 17.7. The van der Waals surface area contributed by atoms with E-state index in [0.717, 1.165) is 12.1 Å². The summed E-state index contributed by atoms with van der Waals surface area (Å²) in [6.45, 7) is 2.53. The van der Waals surface area contributed by atoms with Gasteiger partial charge in [0.15, 0.2) is 12.1 Å². The van der Waals surface area contributed by atoms with Crippen LogP contribution in [0.25, 0.3) is 0 Å². The second-order valence-electron chi connectivity index (χ2n) is 6.90. The average molecular weight is 446 g/mol. The number of hydrogen-bond donors (Lipinski definition) is 3. The fourth-order valence-corrected chi connectivity index (χ4v) is 3.71. The van der Waals surface area contributed by atoms with Crippen molar-refractivity contribution in [3.05, 3.63) is 59.2 Å². The van der Waals surface area contributed by atoms with Crippen LogP contribution in [0.5, 0.6) is 5.75 Å². The normalized spacial score (nSPS) is 12.1. The van der Waals surface area contributed by atoms with Crippen molar-refractivity contribution in [2.75, 3.05) is 0 Å². The molecule has 0 fully saturated rings. The van der Waals surface area contributed by atoms with Crippen LogP contribution in [0.3, 0.4) is 0 Å². The van der Waals surface area contributed by atoms with Gasteiger partial charge in [-0.05, 0) is 49.7 Å². The minimum atomic E-state index is -3.94. The molecule has 0 saturated heterocycles. The van der Waals surface area contributed by atoms with Gasteiger partial charge in [-0.15, -0.1) is 0 Å². The lowest BCUT2D eigenvalue weighted by molar-refractivity contribution is -0.123. The summed E-state index contributed by atoms with van der Waals surface area (Å²) >= 11 is 0. The van der Waals surface area contributed by atoms with E-state index in [-0.39, 0.29) is 46.3 Å². The minimum Gasteiger partial charge on any atom is -0.507 e. The molecule has 2 aromatic rings. The van der Waals surface area contributed by atoms with Crippen LogP contribution in [0.15, 0.2) is 47.4 Å². The number of rotatable bonds is 10. The number of ketones is 2. The molecule has 2 aromatic carbocycles. The molecule has 164 valence electrons. The van der Waals surface area contributed by atoms with Gasteiger partial charge in [0.25, 0.3) is 5.91 Å². The number of aldehydes is 1. The van der Waals surface area contributed by atoms with Crippen molar-refractivity contribution in [2.24, 2.45) is 0 Å². The summed E-state index contributed by atoms with van der Waals surface area (Å²) in [4.78, 5) is 45.8. The van der Waals surface area contributed by atoms with E-state index in [9.17, 15) is 32.7 Å². The molecule has 0 aliphatic heterocycles. The standard InChI is InChI=1S/C21H22N2O7S/c1-13(25)9-19(14(2)26)23-21(28)16-5-3-15(4-6-16)11-22-31(29,30)18-7-8-20(27)17(10-18)12-24/h3-8,10,12,19,22,27H,9,11H2,1-2H3,(H,23,28)/t19-/m0/s1. The van der Waals surface area contributed by atoms with Gasteiger partial charge < -0.3 is 10.4 Å². The van der Waals surface area contributed by atoms with E-state index in [2.05, 4.69) is 10.0 Å². The number of sulfonamides is 1. The smallest absolute Gasteiger partial charge is 0.251 e. The molecular formula is C21H22N2O7S. The van der Waals surface area contributed by atoms with Crippen LogP contribution in [0.1, 0.15) is 46.5 Å². The summed E-state index contributed by atoms with van der Waals surface area (Å²) in [7, 11) is -3.94. The van der Waals surface area contributed by atoms with Gasteiger partial charge in [0.05, 0.1) is 16.5 Å². The molecule has 2 rings (SSSR count). The maximum Gasteiger partial charge on any atom is 0.251 e. The highest BCUT2D eigenvalue weighted by Gasteiger charge is 2.20. The van der Waals surface area contributed by atoms with Crippen LogP contribution in [0.4, 0.5) is 0 Å². The number of phenols is 1. The van der Waals surface area contributed by atoms with E-state index in [1.54, 1.807) is 12.1 Å². The number of aromatic hydroxyl groups is 1. The predicted molar refractivity (Wildman–Crippen MR) is 111 cm³/mol. The molecule has 0 bridgehead atoms. The molecule has 10 heteroatoms. The molecule has 0 radical (unpaired) electrons. The monoisotopic (exact) mass is 446 g/mol. The Morgan fingerprint density at radius 1 is 1.06 bits per heavy atom. The third-order valence-corrected chi connectivity index (χ3v) is 5.81. The van der Waals surface area contributed by atoms with Crippen molar-refractivity contribution in [2.45, 2.75) is 37.8 Å². The molecule has 0 aliphatic carbocycles. The summed E-state index contributed by atoms with van der Waals surface area (Å²) in [6.07, 6.45) is 0.259. The van der Waals surface area contributed by atoms with E-state index in [0.29, 0.717) is 11.8 Å². The first kappa shape index (κ1) is 23.9. The Labute approximate surface area is 179 Å². The van der Waals surface area contributed by atoms with Crippen LogP contribution in [0, 0.1) is 0 Å². The highest BCUT2D eigenvalue weighted by Crippen LogP contribution is 2.20. The Balaban J connectivity index is 2.05. The minimum absolute atomic E-state index is 0.0814. The van der Waals surface area contributed by atoms with E-state index in [1.807, 2.05) is 0 Å². The molecule has 3 N–H and O–H groups in total. The third-order valence-electron chi connectivity index (χ3n) is 4.41. The number of Topliss-reactive ketones (excluding diaryl/α,β-unsaturated/α-hetero) is 2. The van der Waals surface area contributed by atoms with E-state index in [4.69, 9.17) is 0 Å². The van der Waals surface area contributed by atoms with Crippen molar-refractivity contribution in [3.63, 3.8) is 0 Å². The van der Waals surface area contributed by atoms with E-state index >= 15 is 0 Å². The number of phenolic OH excluding ortho intramolecular Hbond substituents is 1. The van der Waals surface area contributed by atoms with Crippen molar-refractivity contribution >= 4 is 33.8 Å². The first-order chi connectivity index (χ1) is 14.5. The number of carbonyl (C=O) groups excluding carboxylic acids is 4. The highest BCUT2D eigenvalue weighted by molar-refractivity contribution is 7.89. The lowest BCUT2D eigenvalue weighted by Gasteiger charge is -2.14. The molecule has 0 aromatic heterocycles. The molecule has 0 aliphatic rings. The van der Waals surface area contributed by atoms with Crippen LogP contribution in [0.2, 0.25) is 0 Å². The number of benzene rings is 2. The van der Waals surface area contributed by atoms with Crippen molar-refractivity contribution in [1.82, 2.24) is 10.0 Å². The highest BCUT2D eigenvalue weighted by atomic mass is 32.2. The van der Waals surface area contributed by atoms with Crippen LogP contribution < -0.4 is 10.0 Å². The van der Waals surface area contributed by atoms with Gasteiger partial charge in [0.2, 0.25) is 10.0 Å². The average Bonchev–Trinajstić information content (AvgIpc) is 2.72. The Hall–Kier alpha value is -3.37. The summed E-state index contributed by atoms with van der Waals surface area (Å²) < 4.78 is 27.2. The number of nitrogens with one attached hydrogen (secondary N) is 2. The van der Waals surface area contributed by atoms with Gasteiger partial charge in [-0.3, -0.25) is 19.2 Å². The summed E-state index contributed by atoms with van der Waals surface area (Å²) in [5.74, 6) is -1.41. The maximum atomic E-state index is 12.4. The zero-order valence-electron chi connectivity index (χ0n) is 16.9. The van der Waals surface area contributed by atoms with E-state index in [1.165, 1.54) is 32.0 Å². The maximum absolute atomic E-state index is 12.4. The third kappa shape index (κ3) is 6.56. The first-order valence-electron chi connectivity index (χ1n) is 9.21. The van der Waals surface area contributed by atoms with Crippen molar-refractivity contribution < 1.29 is 32.7 Å². The number of amides is 1. The molecule has 9 nitrogen and oxygen atoms in total. The van der Waals surface area contributed by atoms with Crippen LogP contribution >= 0.6 is 0 Å². The largest absolute Gasteiger partial charge is 0.507 e. The quantitative estimate of drug-likeness (QED) is 0.467. The van der Waals surface area contributed by atoms with Crippen LogP contribution in [-0.2, 0) is 26.2 Å². The van der Waals surface area contributed by atoms with E-state index < -0.39 is 22.0 Å². The molecule has 31 heavy (non-hydrogen) atoms. The fourth-order valence-electron chi connectivity index (χ4n) is 2.66. The van der Waals surface area contributed by atoms with Gasteiger partial charge >= 0.3 is 0 Å². The molecule has 0 spiro atoms. The first-order valence-corrected chi connectivity index (χ1v) is 10.7. The van der Waals surface area contributed by atoms with Gasteiger partial charge in [0, 0.05) is 18.5 Å². The Morgan fingerprint density at radius 2 is 1.71 bits per heavy atom. The number of carbonyl (C=O) groups is 4. The van der Waals surface area contributed by atoms with Gasteiger partial charge in [-0.1, -0.05) is 12.1 Å². The number of hydrogen-bond acceptors (Lipinski definition) is 7. The summed E-state index contributed by atoms with van der Waals surface area (Å²) in [6, 6.07) is 8.46. The second-order valence-corrected chi connectivity index (χ2v) is 8.67. The lowest BCUT2D eigenvalue weighted by atomic mass is 10.1. The second kappa shape index (κ2) is 10.1. The summed E-state index contributed by atoms with van der Waals surface area (Å²) in [5, 5.41) is 12.0. The van der Waals surface area contributed by atoms with Crippen molar-refractivity contribution in [1.29, 1.82) is 0 Å². The molecule has 0 unspecified atom stereocenters. The van der Waals surface area contributed by atoms with Crippen molar-refractivity contribution in [3.8, 4) is 5.75 Å². The molecule has 0 heterocycles. The molecular weight excluding hydrogens is 424 g/mol. The Morgan fingerprint density at radius 3 is 2.26 bits per heavy atom. The fraction of sp³-hybridized carbons (Fsp3) is 0.238. The zero-order chi connectivity index (χ0) is 23.2. The van der Waals surface area contributed by atoms with Crippen LogP contribution in [-0.4, -0.2) is 43.3 Å². The molecule has 1 amide bonds. The predicted octanol–water partition coefficient (Wildman–Crippen LogP) is 1.35.